The third-order valence-corrected chi connectivity index (χ3v) is 5.88. The van der Waals surface area contributed by atoms with Gasteiger partial charge in [-0.15, -0.1) is 0 Å². The van der Waals surface area contributed by atoms with Gasteiger partial charge in [0.1, 0.15) is 17.6 Å². The van der Waals surface area contributed by atoms with E-state index >= 15 is 0 Å². The highest BCUT2D eigenvalue weighted by Crippen LogP contribution is 2.48. The molecule has 1 atom stereocenters. The fraction of sp³-hybridized carbons (Fsp3) is 0.200. The minimum atomic E-state index is -0.314. The first-order valence-corrected chi connectivity index (χ1v) is 10.3. The van der Waals surface area contributed by atoms with Crippen LogP contribution in [0.2, 0.25) is 0 Å². The van der Waals surface area contributed by atoms with Crippen LogP contribution in [0.4, 0.5) is 0 Å². The van der Waals surface area contributed by atoms with Crippen LogP contribution in [-0.2, 0) is 6.54 Å². The van der Waals surface area contributed by atoms with Gasteiger partial charge in [0.25, 0.3) is 0 Å². The van der Waals surface area contributed by atoms with Gasteiger partial charge < -0.3 is 23.9 Å². The van der Waals surface area contributed by atoms with E-state index in [2.05, 4.69) is 17.1 Å². The molecule has 0 aliphatic carbocycles. The van der Waals surface area contributed by atoms with Crippen molar-refractivity contribution in [2.24, 2.45) is 0 Å². The van der Waals surface area contributed by atoms with Crippen LogP contribution in [0.3, 0.4) is 0 Å². The van der Waals surface area contributed by atoms with Crippen LogP contribution in [0.25, 0.3) is 10.8 Å². The zero-order valence-corrected chi connectivity index (χ0v) is 17.8. The summed E-state index contributed by atoms with van der Waals surface area (Å²) in [6, 6.07) is 17.9. The number of fused-ring (bicyclic) bond motifs is 4. The first-order chi connectivity index (χ1) is 15.7. The Morgan fingerprint density at radius 3 is 2.62 bits per heavy atom. The summed E-state index contributed by atoms with van der Waals surface area (Å²) in [5, 5.41) is 20.5. The zero-order valence-electron chi connectivity index (χ0n) is 17.8. The Kier molecular flexibility index (Phi) is 5.03. The molecule has 2 heterocycles. The molecule has 7 heteroatoms. The Balaban J connectivity index is 1.84. The minimum Gasteiger partial charge on any atom is -0.493 e. The summed E-state index contributed by atoms with van der Waals surface area (Å²) in [5.41, 5.74) is 2.81. The van der Waals surface area contributed by atoms with E-state index in [4.69, 9.17) is 19.6 Å². The first-order valence-electron chi connectivity index (χ1n) is 10.3. The summed E-state index contributed by atoms with van der Waals surface area (Å²) in [7, 11) is 3.21. The lowest BCUT2D eigenvalue weighted by Gasteiger charge is -2.30. The number of nitrogens with zero attached hydrogens (tertiary/aromatic N) is 2. The largest absolute Gasteiger partial charge is 0.493 e. The molecule has 0 spiro atoms. The lowest BCUT2D eigenvalue weighted by molar-refractivity contribution is 0.271. The highest BCUT2D eigenvalue weighted by Gasteiger charge is 2.34. The molecular formula is C25H23N3O4. The van der Waals surface area contributed by atoms with E-state index in [1.165, 1.54) is 6.33 Å². The number of benzene rings is 3. The molecule has 0 bridgehead atoms. The monoisotopic (exact) mass is 429 g/mol. The topological polar surface area (TPSA) is 89.6 Å². The Morgan fingerprint density at radius 2 is 1.84 bits per heavy atom. The Labute approximate surface area is 185 Å². The van der Waals surface area contributed by atoms with E-state index in [0.717, 1.165) is 21.9 Å². The van der Waals surface area contributed by atoms with Gasteiger partial charge in [0.15, 0.2) is 11.5 Å². The van der Waals surface area contributed by atoms with Crippen molar-refractivity contribution in [3.63, 3.8) is 0 Å². The maximum Gasteiger partial charge on any atom is 0.228 e. The third-order valence-electron chi connectivity index (χ3n) is 5.88. The molecule has 1 aliphatic rings. The number of hydrogen-bond acceptors (Lipinski definition) is 6. The van der Waals surface area contributed by atoms with Gasteiger partial charge in [0.2, 0.25) is 5.88 Å². The van der Waals surface area contributed by atoms with Crippen molar-refractivity contribution in [3.8, 4) is 23.1 Å². The Morgan fingerprint density at radius 1 is 1.03 bits per heavy atom. The van der Waals surface area contributed by atoms with Crippen molar-refractivity contribution in [2.75, 3.05) is 20.8 Å². The van der Waals surface area contributed by atoms with Crippen LogP contribution < -0.4 is 19.7 Å². The molecule has 0 saturated heterocycles. The van der Waals surface area contributed by atoms with Crippen molar-refractivity contribution in [2.45, 2.75) is 12.5 Å². The maximum absolute atomic E-state index is 9.46. The molecule has 7 nitrogen and oxygen atoms in total. The number of aliphatic hydroxyl groups is 1. The summed E-state index contributed by atoms with van der Waals surface area (Å²) in [5.74, 6) is 2.04. The van der Waals surface area contributed by atoms with Crippen molar-refractivity contribution in [3.05, 3.63) is 83.1 Å². The van der Waals surface area contributed by atoms with E-state index in [-0.39, 0.29) is 24.6 Å². The van der Waals surface area contributed by atoms with Gasteiger partial charge in [-0.1, -0.05) is 36.4 Å². The van der Waals surface area contributed by atoms with Gasteiger partial charge in [0, 0.05) is 18.0 Å². The zero-order chi connectivity index (χ0) is 22.2. The molecule has 5 rings (SSSR count). The van der Waals surface area contributed by atoms with Crippen molar-refractivity contribution < 1.29 is 19.3 Å². The normalized spacial score (nSPS) is 14.4. The summed E-state index contributed by atoms with van der Waals surface area (Å²) in [4.78, 5) is 4.48. The summed E-state index contributed by atoms with van der Waals surface area (Å²) in [6.07, 6.45) is 1.54. The number of hydrogen-bond donors (Lipinski definition) is 2. The molecule has 32 heavy (non-hydrogen) atoms. The number of aromatic nitrogens is 2. The molecule has 0 unspecified atom stereocenters. The lowest BCUT2D eigenvalue weighted by Crippen LogP contribution is -2.30. The van der Waals surface area contributed by atoms with Crippen LogP contribution in [-0.4, -0.2) is 35.5 Å². The highest BCUT2D eigenvalue weighted by atomic mass is 16.5. The molecule has 162 valence electrons. The SMILES string of the molecule is COc1ccc([C@@H]2c3c(ncn(CCO)c3=N)Oc3ccc4ccccc4c32)cc1OC. The van der Waals surface area contributed by atoms with Crippen molar-refractivity contribution >= 4 is 10.8 Å². The van der Waals surface area contributed by atoms with Crippen LogP contribution in [0.1, 0.15) is 22.6 Å². The van der Waals surface area contributed by atoms with Gasteiger partial charge >= 0.3 is 0 Å². The predicted molar refractivity (Wildman–Crippen MR) is 120 cm³/mol. The maximum atomic E-state index is 9.46. The first kappa shape index (κ1) is 20.1. The second-order valence-corrected chi connectivity index (χ2v) is 7.58. The van der Waals surface area contributed by atoms with Gasteiger partial charge in [-0.2, -0.15) is 0 Å². The van der Waals surface area contributed by atoms with Crippen molar-refractivity contribution in [1.82, 2.24) is 9.55 Å². The lowest BCUT2D eigenvalue weighted by atomic mass is 9.81. The Bertz CT molecular complexity index is 1380. The third kappa shape index (κ3) is 3.09. The number of ether oxygens (including phenoxy) is 3. The quantitative estimate of drug-likeness (QED) is 0.443. The molecular weight excluding hydrogens is 406 g/mol. The second-order valence-electron chi connectivity index (χ2n) is 7.58. The molecule has 2 N–H and O–H groups in total. The van der Waals surface area contributed by atoms with E-state index in [1.807, 2.05) is 42.5 Å². The number of methoxy groups -OCH3 is 2. The minimum absolute atomic E-state index is 0.0849. The highest BCUT2D eigenvalue weighted by molar-refractivity contribution is 5.90. The van der Waals surface area contributed by atoms with Crippen LogP contribution >= 0.6 is 0 Å². The second kappa shape index (κ2) is 8.01. The average molecular weight is 429 g/mol. The predicted octanol–water partition coefficient (Wildman–Crippen LogP) is 3.81. The molecule has 0 amide bonds. The molecule has 1 aliphatic heterocycles. The molecule has 0 radical (unpaired) electrons. The van der Waals surface area contributed by atoms with Crippen LogP contribution in [0.5, 0.6) is 23.1 Å². The van der Waals surface area contributed by atoms with Crippen molar-refractivity contribution in [1.29, 1.82) is 5.41 Å². The molecule has 3 aromatic carbocycles. The standard InChI is InChI=1S/C25H23N3O4/c1-30-18-9-8-16(13-20(18)31-2)21-22-17-6-4-3-5-15(17)7-10-19(22)32-25-23(21)24(26)28(11-12-29)14-27-25/h3-10,13-14,21,26,29H,11-12H2,1-2H3/t21-/m0/s1. The van der Waals surface area contributed by atoms with E-state index in [1.54, 1.807) is 18.8 Å². The number of aliphatic hydroxyl groups excluding tert-OH is 1. The summed E-state index contributed by atoms with van der Waals surface area (Å²) >= 11 is 0. The molecule has 0 saturated carbocycles. The van der Waals surface area contributed by atoms with E-state index < -0.39 is 0 Å². The van der Waals surface area contributed by atoms with Crippen LogP contribution in [0.15, 0.2) is 60.9 Å². The number of nitrogens with one attached hydrogen (secondary N) is 1. The molecule has 0 fully saturated rings. The molecule has 1 aromatic heterocycles. The van der Waals surface area contributed by atoms with Gasteiger partial charge in [-0.3, -0.25) is 5.41 Å². The summed E-state index contributed by atoms with van der Waals surface area (Å²) in [6.45, 7) is 0.193. The molecule has 4 aromatic rings. The fourth-order valence-corrected chi connectivity index (χ4v) is 4.40. The summed E-state index contributed by atoms with van der Waals surface area (Å²) < 4.78 is 18.8. The van der Waals surface area contributed by atoms with Gasteiger partial charge in [-0.25, -0.2) is 4.98 Å². The van der Waals surface area contributed by atoms with E-state index in [0.29, 0.717) is 28.7 Å². The van der Waals surface area contributed by atoms with E-state index in [9.17, 15) is 5.11 Å². The van der Waals surface area contributed by atoms with Crippen LogP contribution in [0, 0.1) is 5.41 Å². The average Bonchev–Trinajstić information content (AvgIpc) is 2.84. The Hall–Kier alpha value is -3.84. The van der Waals surface area contributed by atoms with Gasteiger partial charge in [0.05, 0.1) is 26.4 Å². The number of rotatable bonds is 5. The smallest absolute Gasteiger partial charge is 0.228 e. The fourth-order valence-electron chi connectivity index (χ4n) is 4.40. The van der Waals surface area contributed by atoms with Gasteiger partial charge in [-0.05, 0) is 34.5 Å².